The summed E-state index contributed by atoms with van der Waals surface area (Å²) in [5.41, 5.74) is -2.05. The molecule has 0 spiro atoms. The van der Waals surface area contributed by atoms with E-state index in [0.29, 0.717) is 57.6 Å². The SMILES string of the molecule is CC(C)(C)OC(=O)N1CCC(C)(Oc2ccc([N+](=O)[O-])cc2)CC1.CC1(O)CCN(C(=O)OC(C)(C)C)CC1.O=[N+]([O-])c1ccc(F)cc1. The minimum Gasteiger partial charge on any atom is -0.487 e. The van der Waals surface area contributed by atoms with Gasteiger partial charge in [0.1, 0.15) is 28.4 Å². The number of hydrogen-bond acceptors (Lipinski definition) is 10. The van der Waals surface area contributed by atoms with Crippen LogP contribution < -0.4 is 4.74 Å². The number of piperidine rings is 2. The van der Waals surface area contributed by atoms with Crippen molar-refractivity contribution >= 4 is 23.6 Å². The topological polar surface area (TPSA) is 175 Å². The molecule has 2 heterocycles. The van der Waals surface area contributed by atoms with Crippen LogP contribution in [0.3, 0.4) is 0 Å². The van der Waals surface area contributed by atoms with E-state index in [2.05, 4.69) is 0 Å². The molecule has 0 saturated carbocycles. The van der Waals surface area contributed by atoms with Crippen LogP contribution in [0.4, 0.5) is 25.4 Å². The molecule has 49 heavy (non-hydrogen) atoms. The van der Waals surface area contributed by atoms with Crippen molar-refractivity contribution in [1.82, 2.24) is 9.80 Å². The highest BCUT2D eigenvalue weighted by Crippen LogP contribution is 2.30. The van der Waals surface area contributed by atoms with Gasteiger partial charge in [-0.1, -0.05) is 0 Å². The molecule has 2 aromatic rings. The molecule has 272 valence electrons. The van der Waals surface area contributed by atoms with E-state index in [0.717, 1.165) is 24.3 Å². The molecule has 14 nitrogen and oxygen atoms in total. The standard InChI is InChI=1S/C17H24N2O5.C11H21NO3.C6H4FNO2/c1-16(2,3)24-15(20)18-11-9-17(4,10-12-18)23-14-7-5-13(6-8-14)19(21)22;1-10(2,3)15-9(13)12-7-5-11(4,14)6-8-12;7-5-1-3-6(4-2-5)8(9)10/h5-8H,9-12H2,1-4H3;14H,5-8H2,1-4H3;1-4H. The smallest absolute Gasteiger partial charge is 0.410 e. The number of nitro groups is 2. The summed E-state index contributed by atoms with van der Waals surface area (Å²) < 4.78 is 28.8. The third kappa shape index (κ3) is 15.1. The molecule has 4 rings (SSSR count). The van der Waals surface area contributed by atoms with Gasteiger partial charge in [0.15, 0.2) is 0 Å². The summed E-state index contributed by atoms with van der Waals surface area (Å²) in [6.07, 6.45) is 1.99. The average molecular weight is 693 g/mol. The van der Waals surface area contributed by atoms with Crippen molar-refractivity contribution in [2.24, 2.45) is 0 Å². The van der Waals surface area contributed by atoms with Crippen LogP contribution in [-0.4, -0.2) is 85.5 Å². The molecule has 0 aliphatic carbocycles. The highest BCUT2D eigenvalue weighted by atomic mass is 19.1. The number of amides is 2. The molecule has 0 radical (unpaired) electrons. The molecule has 2 aromatic carbocycles. The van der Waals surface area contributed by atoms with Crippen molar-refractivity contribution in [3.8, 4) is 5.75 Å². The number of benzene rings is 2. The number of aliphatic hydroxyl groups is 1. The van der Waals surface area contributed by atoms with Crippen molar-refractivity contribution in [3.05, 3.63) is 74.6 Å². The number of carbonyl (C=O) groups is 2. The Kier molecular flexibility index (Phi) is 13.9. The van der Waals surface area contributed by atoms with Crippen LogP contribution in [-0.2, 0) is 9.47 Å². The van der Waals surface area contributed by atoms with E-state index < -0.39 is 38.1 Å². The minimum absolute atomic E-state index is 0.0345. The number of carbonyl (C=O) groups excluding carboxylic acids is 2. The van der Waals surface area contributed by atoms with Gasteiger partial charge in [0.2, 0.25) is 0 Å². The fourth-order valence-electron chi connectivity index (χ4n) is 4.57. The Labute approximate surface area is 286 Å². The number of halogens is 1. The molecule has 2 fully saturated rings. The van der Waals surface area contributed by atoms with Crippen LogP contribution in [0.25, 0.3) is 0 Å². The minimum atomic E-state index is -0.626. The van der Waals surface area contributed by atoms with Gasteiger partial charge in [0.25, 0.3) is 11.4 Å². The van der Waals surface area contributed by atoms with E-state index in [1.165, 1.54) is 12.1 Å². The lowest BCUT2D eigenvalue weighted by Crippen LogP contribution is -2.49. The molecule has 2 amide bonds. The van der Waals surface area contributed by atoms with Crippen molar-refractivity contribution in [2.45, 2.75) is 103 Å². The summed E-state index contributed by atoms with van der Waals surface area (Å²) in [4.78, 5) is 46.7. The Morgan fingerprint density at radius 1 is 0.714 bits per heavy atom. The summed E-state index contributed by atoms with van der Waals surface area (Å²) in [5, 5.41) is 30.4. The highest BCUT2D eigenvalue weighted by molar-refractivity contribution is 5.68. The summed E-state index contributed by atoms with van der Waals surface area (Å²) in [7, 11) is 0. The fourth-order valence-corrected chi connectivity index (χ4v) is 4.57. The normalized spacial score (nSPS) is 16.9. The Morgan fingerprint density at radius 2 is 1.06 bits per heavy atom. The first kappa shape index (κ1) is 40.6. The second-order valence-electron chi connectivity index (χ2n) is 14.5. The summed E-state index contributed by atoms with van der Waals surface area (Å²) in [6.45, 7) is 17.1. The van der Waals surface area contributed by atoms with Crippen LogP contribution in [0.5, 0.6) is 5.75 Å². The number of rotatable bonds is 4. The first-order chi connectivity index (χ1) is 22.5. The van der Waals surface area contributed by atoms with Crippen molar-refractivity contribution in [2.75, 3.05) is 26.2 Å². The summed E-state index contributed by atoms with van der Waals surface area (Å²) in [6, 6.07) is 10.4. The van der Waals surface area contributed by atoms with E-state index in [4.69, 9.17) is 14.2 Å². The van der Waals surface area contributed by atoms with Gasteiger partial charge in [-0.25, -0.2) is 14.0 Å². The number of non-ortho nitro benzene ring substituents is 2. The molecular formula is C34H49FN4O10. The van der Waals surface area contributed by atoms with Crippen LogP contribution >= 0.6 is 0 Å². The van der Waals surface area contributed by atoms with E-state index in [9.17, 15) is 39.3 Å². The maximum atomic E-state index is 12.1. The molecule has 2 aliphatic heterocycles. The Hall–Kier alpha value is -4.53. The molecule has 0 aromatic heterocycles. The van der Waals surface area contributed by atoms with Gasteiger partial charge in [-0.2, -0.15) is 0 Å². The highest BCUT2D eigenvalue weighted by Gasteiger charge is 2.35. The maximum Gasteiger partial charge on any atom is 0.410 e. The predicted octanol–water partition coefficient (Wildman–Crippen LogP) is 7.27. The average Bonchev–Trinajstić information content (AvgIpc) is 2.97. The van der Waals surface area contributed by atoms with Crippen molar-refractivity contribution in [1.29, 1.82) is 0 Å². The van der Waals surface area contributed by atoms with Gasteiger partial charge in [0.05, 0.1) is 15.4 Å². The van der Waals surface area contributed by atoms with Gasteiger partial charge >= 0.3 is 12.2 Å². The molecule has 2 saturated heterocycles. The largest absolute Gasteiger partial charge is 0.487 e. The first-order valence-electron chi connectivity index (χ1n) is 16.0. The van der Waals surface area contributed by atoms with E-state index >= 15 is 0 Å². The van der Waals surface area contributed by atoms with Gasteiger partial charge in [0, 0.05) is 63.3 Å². The van der Waals surface area contributed by atoms with E-state index in [-0.39, 0.29) is 23.6 Å². The van der Waals surface area contributed by atoms with Gasteiger partial charge in [-0.05, 0) is 92.5 Å². The number of nitro benzene ring substituents is 2. The second kappa shape index (κ2) is 16.7. The predicted molar refractivity (Wildman–Crippen MR) is 180 cm³/mol. The number of ether oxygens (including phenoxy) is 3. The fraction of sp³-hybridized carbons (Fsp3) is 0.588. The lowest BCUT2D eigenvalue weighted by atomic mass is 9.93. The van der Waals surface area contributed by atoms with Crippen LogP contribution in [0.2, 0.25) is 0 Å². The zero-order chi connectivity index (χ0) is 37.2. The molecule has 0 unspecified atom stereocenters. The maximum absolute atomic E-state index is 12.1. The van der Waals surface area contributed by atoms with E-state index in [1.807, 2.05) is 48.5 Å². The number of nitrogens with zero attached hydrogens (tertiary/aromatic N) is 4. The Bertz CT molecular complexity index is 1400. The molecule has 0 bridgehead atoms. The lowest BCUT2D eigenvalue weighted by molar-refractivity contribution is -0.385. The summed E-state index contributed by atoms with van der Waals surface area (Å²) in [5.74, 6) is 0.124. The first-order valence-corrected chi connectivity index (χ1v) is 16.0. The number of hydrogen-bond donors (Lipinski definition) is 1. The Balaban J connectivity index is 0.000000283. The Morgan fingerprint density at radius 3 is 1.41 bits per heavy atom. The van der Waals surface area contributed by atoms with Gasteiger partial charge < -0.3 is 29.1 Å². The van der Waals surface area contributed by atoms with E-state index in [1.54, 1.807) is 28.9 Å². The van der Waals surface area contributed by atoms with Crippen molar-refractivity contribution < 1.29 is 43.1 Å². The molecule has 2 aliphatic rings. The monoisotopic (exact) mass is 692 g/mol. The quantitative estimate of drug-likeness (QED) is 0.253. The molecule has 1 N–H and O–H groups in total. The zero-order valence-electron chi connectivity index (χ0n) is 29.6. The summed E-state index contributed by atoms with van der Waals surface area (Å²) >= 11 is 0. The third-order valence-electron chi connectivity index (χ3n) is 7.41. The second-order valence-corrected chi connectivity index (χ2v) is 14.5. The third-order valence-corrected chi connectivity index (χ3v) is 7.41. The lowest BCUT2D eigenvalue weighted by Gasteiger charge is -2.39. The van der Waals surface area contributed by atoms with Crippen LogP contribution in [0.15, 0.2) is 48.5 Å². The zero-order valence-corrected chi connectivity index (χ0v) is 29.6. The van der Waals surface area contributed by atoms with Crippen molar-refractivity contribution in [3.63, 3.8) is 0 Å². The van der Waals surface area contributed by atoms with Gasteiger partial charge in [-0.15, -0.1) is 0 Å². The van der Waals surface area contributed by atoms with Gasteiger partial charge in [-0.3, -0.25) is 20.2 Å². The number of likely N-dealkylation sites (tertiary alicyclic amines) is 2. The van der Waals surface area contributed by atoms with Crippen LogP contribution in [0.1, 0.15) is 81.1 Å². The van der Waals surface area contributed by atoms with Crippen LogP contribution in [0, 0.1) is 26.0 Å². The molecular weight excluding hydrogens is 643 g/mol. The molecule has 0 atom stereocenters. The molecule has 15 heteroatoms.